The molecule has 0 amide bonds. The summed E-state index contributed by atoms with van der Waals surface area (Å²) in [5.74, 6) is -0.524. The first-order valence-corrected chi connectivity index (χ1v) is 7.31. The molecule has 0 unspecified atom stereocenters. The van der Waals surface area contributed by atoms with Crippen molar-refractivity contribution in [2.75, 3.05) is 0 Å². The van der Waals surface area contributed by atoms with Crippen LogP contribution in [0.3, 0.4) is 0 Å². The molecule has 0 spiro atoms. The number of pyridine rings is 1. The number of hydrogen-bond acceptors (Lipinski definition) is 2. The van der Waals surface area contributed by atoms with Gasteiger partial charge in [0.2, 0.25) is 0 Å². The lowest BCUT2D eigenvalue weighted by Crippen LogP contribution is -2.15. The van der Waals surface area contributed by atoms with Crippen LogP contribution in [0.15, 0.2) is 36.5 Å². The van der Waals surface area contributed by atoms with E-state index in [9.17, 15) is 9.90 Å². The van der Waals surface area contributed by atoms with Crippen LogP contribution in [-0.2, 0) is 4.79 Å². The average molecular weight is 269 g/mol. The topological polar surface area (TPSA) is 50.2 Å². The van der Waals surface area contributed by atoms with E-state index in [1.807, 2.05) is 30.3 Å². The Bertz CT molecular complexity index is 617. The smallest absolute Gasteiger partial charge is 0.310 e. The molecular weight excluding hydrogens is 250 g/mol. The Hall–Kier alpha value is -1.90. The van der Waals surface area contributed by atoms with Gasteiger partial charge in [-0.2, -0.15) is 0 Å². The van der Waals surface area contributed by atoms with E-state index in [1.165, 1.54) is 25.7 Å². The van der Waals surface area contributed by atoms with Crippen molar-refractivity contribution in [2.24, 2.45) is 5.92 Å². The normalized spacial score (nSPS) is 17.4. The zero-order chi connectivity index (χ0) is 13.9. The second-order valence-corrected chi connectivity index (χ2v) is 5.73. The molecule has 3 nitrogen and oxygen atoms in total. The fraction of sp³-hybridized carbons (Fsp3) is 0.412. The van der Waals surface area contributed by atoms with Gasteiger partial charge in [-0.05, 0) is 36.1 Å². The Morgan fingerprint density at radius 1 is 1.30 bits per heavy atom. The number of nitrogens with zero attached hydrogens (tertiary/aromatic N) is 1. The predicted octanol–water partition coefficient (Wildman–Crippen LogP) is 3.98. The van der Waals surface area contributed by atoms with Crippen LogP contribution in [0.25, 0.3) is 10.9 Å². The third-order valence-corrected chi connectivity index (χ3v) is 4.37. The summed E-state index contributed by atoms with van der Waals surface area (Å²) >= 11 is 0. The molecule has 1 aromatic heterocycles. The van der Waals surface area contributed by atoms with Gasteiger partial charge in [0.25, 0.3) is 0 Å². The number of fused-ring (bicyclic) bond motifs is 1. The molecule has 104 valence electrons. The van der Waals surface area contributed by atoms with Crippen LogP contribution in [0.2, 0.25) is 0 Å². The number of carbonyl (C=O) groups is 1. The molecule has 1 N–H and O–H groups in total. The van der Waals surface area contributed by atoms with E-state index in [2.05, 4.69) is 4.98 Å². The summed E-state index contributed by atoms with van der Waals surface area (Å²) < 4.78 is 0. The van der Waals surface area contributed by atoms with Crippen LogP contribution in [0.5, 0.6) is 0 Å². The van der Waals surface area contributed by atoms with Crippen molar-refractivity contribution in [3.8, 4) is 0 Å². The minimum Gasteiger partial charge on any atom is -0.481 e. The summed E-state index contributed by atoms with van der Waals surface area (Å²) in [7, 11) is 0. The molecule has 2 aromatic rings. The van der Waals surface area contributed by atoms with E-state index in [0.717, 1.165) is 22.9 Å². The molecule has 3 rings (SSSR count). The highest BCUT2D eigenvalue weighted by molar-refractivity contribution is 5.82. The van der Waals surface area contributed by atoms with Crippen molar-refractivity contribution >= 4 is 16.9 Å². The fourth-order valence-corrected chi connectivity index (χ4v) is 3.27. The molecule has 1 aromatic carbocycles. The first kappa shape index (κ1) is 13.1. The van der Waals surface area contributed by atoms with Gasteiger partial charge in [-0.1, -0.05) is 37.8 Å². The molecule has 3 heteroatoms. The SMILES string of the molecule is O=C(O)[C@@H](CC1CCCC1)c1ccc2ncccc2c1. The molecule has 0 saturated heterocycles. The predicted molar refractivity (Wildman–Crippen MR) is 78.7 cm³/mol. The van der Waals surface area contributed by atoms with E-state index >= 15 is 0 Å². The number of aliphatic carboxylic acids is 1. The van der Waals surface area contributed by atoms with Gasteiger partial charge < -0.3 is 5.11 Å². The zero-order valence-electron chi connectivity index (χ0n) is 11.5. The Balaban J connectivity index is 1.89. The van der Waals surface area contributed by atoms with E-state index in [-0.39, 0.29) is 5.92 Å². The van der Waals surface area contributed by atoms with Crippen molar-refractivity contribution in [1.29, 1.82) is 0 Å². The largest absolute Gasteiger partial charge is 0.481 e. The maximum atomic E-state index is 11.6. The van der Waals surface area contributed by atoms with Gasteiger partial charge >= 0.3 is 5.97 Å². The van der Waals surface area contributed by atoms with Crippen LogP contribution in [0.1, 0.15) is 43.6 Å². The highest BCUT2D eigenvalue weighted by atomic mass is 16.4. The molecule has 0 radical (unpaired) electrons. The average Bonchev–Trinajstić information content (AvgIpc) is 2.97. The molecule has 1 fully saturated rings. The Morgan fingerprint density at radius 3 is 2.85 bits per heavy atom. The Morgan fingerprint density at radius 2 is 2.10 bits per heavy atom. The number of aromatic nitrogens is 1. The minimum absolute atomic E-state index is 0.386. The summed E-state index contributed by atoms with van der Waals surface area (Å²) in [4.78, 5) is 15.9. The summed E-state index contributed by atoms with van der Waals surface area (Å²) in [6.07, 6.45) is 7.38. The van der Waals surface area contributed by atoms with E-state index in [0.29, 0.717) is 5.92 Å². The van der Waals surface area contributed by atoms with Crippen molar-refractivity contribution in [3.05, 3.63) is 42.1 Å². The minimum atomic E-state index is -0.708. The molecule has 1 aliphatic rings. The highest BCUT2D eigenvalue weighted by Crippen LogP contribution is 2.34. The van der Waals surface area contributed by atoms with Gasteiger partial charge in [-0.3, -0.25) is 9.78 Å². The highest BCUT2D eigenvalue weighted by Gasteiger charge is 2.26. The van der Waals surface area contributed by atoms with E-state index in [1.54, 1.807) is 6.20 Å². The summed E-state index contributed by atoms with van der Waals surface area (Å²) in [5.41, 5.74) is 1.83. The first-order valence-electron chi connectivity index (χ1n) is 7.31. The standard InChI is InChI=1S/C17H19NO2/c19-17(20)15(10-12-4-1-2-5-12)13-7-8-16-14(11-13)6-3-9-18-16/h3,6-9,11-12,15H,1-2,4-5,10H2,(H,19,20)/t15-/m0/s1. The fourth-order valence-electron chi connectivity index (χ4n) is 3.27. The number of benzene rings is 1. The van der Waals surface area contributed by atoms with Crippen molar-refractivity contribution < 1.29 is 9.90 Å². The van der Waals surface area contributed by atoms with Gasteiger partial charge in [-0.15, -0.1) is 0 Å². The second kappa shape index (κ2) is 5.61. The zero-order valence-corrected chi connectivity index (χ0v) is 11.5. The van der Waals surface area contributed by atoms with Crippen LogP contribution in [0.4, 0.5) is 0 Å². The number of hydrogen-bond donors (Lipinski definition) is 1. The van der Waals surface area contributed by atoms with Crippen LogP contribution < -0.4 is 0 Å². The van der Waals surface area contributed by atoms with Crippen LogP contribution in [0, 0.1) is 5.92 Å². The lowest BCUT2D eigenvalue weighted by Gasteiger charge is -2.17. The van der Waals surface area contributed by atoms with E-state index < -0.39 is 5.97 Å². The molecule has 1 saturated carbocycles. The molecular formula is C17H19NO2. The monoisotopic (exact) mass is 269 g/mol. The Labute approximate surface area is 118 Å². The van der Waals surface area contributed by atoms with Gasteiger partial charge in [0.1, 0.15) is 0 Å². The lowest BCUT2D eigenvalue weighted by atomic mass is 9.87. The van der Waals surface area contributed by atoms with Gasteiger partial charge in [0.15, 0.2) is 0 Å². The van der Waals surface area contributed by atoms with Crippen molar-refractivity contribution in [2.45, 2.75) is 38.0 Å². The van der Waals surface area contributed by atoms with Crippen LogP contribution in [-0.4, -0.2) is 16.1 Å². The second-order valence-electron chi connectivity index (χ2n) is 5.73. The summed E-state index contributed by atoms with van der Waals surface area (Å²) in [5, 5.41) is 10.6. The molecule has 1 heterocycles. The molecule has 20 heavy (non-hydrogen) atoms. The molecule has 0 bridgehead atoms. The first-order chi connectivity index (χ1) is 9.74. The number of carboxylic acid groups (broad SMARTS) is 1. The Kier molecular flexibility index (Phi) is 3.68. The lowest BCUT2D eigenvalue weighted by molar-refractivity contribution is -0.139. The van der Waals surface area contributed by atoms with Crippen molar-refractivity contribution in [1.82, 2.24) is 4.98 Å². The van der Waals surface area contributed by atoms with Gasteiger partial charge in [-0.25, -0.2) is 0 Å². The quantitative estimate of drug-likeness (QED) is 0.913. The van der Waals surface area contributed by atoms with Gasteiger partial charge in [0.05, 0.1) is 11.4 Å². The van der Waals surface area contributed by atoms with Crippen LogP contribution >= 0.6 is 0 Å². The number of rotatable bonds is 4. The molecule has 1 aliphatic carbocycles. The third kappa shape index (κ3) is 2.67. The summed E-state index contributed by atoms with van der Waals surface area (Å²) in [6.45, 7) is 0. The maximum absolute atomic E-state index is 11.6. The summed E-state index contributed by atoms with van der Waals surface area (Å²) in [6, 6.07) is 9.70. The molecule has 1 atom stereocenters. The van der Waals surface area contributed by atoms with Gasteiger partial charge in [0, 0.05) is 11.6 Å². The third-order valence-electron chi connectivity index (χ3n) is 4.37. The molecule has 0 aliphatic heterocycles. The number of carboxylic acids is 1. The maximum Gasteiger partial charge on any atom is 0.310 e. The van der Waals surface area contributed by atoms with Crippen molar-refractivity contribution in [3.63, 3.8) is 0 Å². The van der Waals surface area contributed by atoms with E-state index in [4.69, 9.17) is 0 Å².